The van der Waals surface area contributed by atoms with E-state index in [1.54, 1.807) is 12.1 Å². The molecule has 2 nitrogen and oxygen atoms in total. The van der Waals surface area contributed by atoms with Gasteiger partial charge >= 0.3 is 0 Å². The molecule has 0 aromatic heterocycles. The lowest BCUT2D eigenvalue weighted by atomic mass is 10.1. The maximum absolute atomic E-state index is 13.5. The second-order valence-corrected chi connectivity index (χ2v) is 4.45. The van der Waals surface area contributed by atoms with Gasteiger partial charge in [0.2, 0.25) is 0 Å². The fourth-order valence-electron chi connectivity index (χ4n) is 1.98. The fourth-order valence-corrected chi connectivity index (χ4v) is 2.23. The molecule has 1 aromatic rings. The number of benzene rings is 1. The van der Waals surface area contributed by atoms with Gasteiger partial charge in [0.05, 0.1) is 0 Å². The predicted octanol–water partition coefficient (Wildman–Crippen LogP) is 1.93. The van der Waals surface area contributed by atoms with Crippen LogP contribution in [0.25, 0.3) is 0 Å². The first kappa shape index (κ1) is 11.8. The van der Waals surface area contributed by atoms with E-state index < -0.39 is 0 Å². The quantitative estimate of drug-likeness (QED) is 0.872. The highest BCUT2D eigenvalue weighted by atomic mass is 35.5. The number of hydrogen-bond donors (Lipinski definition) is 1. The van der Waals surface area contributed by atoms with E-state index in [1.807, 2.05) is 0 Å². The third kappa shape index (κ3) is 2.94. The van der Waals surface area contributed by atoms with Crippen molar-refractivity contribution in [2.75, 3.05) is 32.7 Å². The van der Waals surface area contributed by atoms with Gasteiger partial charge in [-0.1, -0.05) is 17.7 Å². The van der Waals surface area contributed by atoms with Gasteiger partial charge in [-0.15, -0.1) is 0 Å². The van der Waals surface area contributed by atoms with Crippen molar-refractivity contribution in [3.8, 4) is 0 Å². The highest BCUT2D eigenvalue weighted by Crippen LogP contribution is 2.19. The van der Waals surface area contributed by atoms with Crippen molar-refractivity contribution in [3.63, 3.8) is 0 Å². The van der Waals surface area contributed by atoms with E-state index in [-0.39, 0.29) is 5.82 Å². The van der Waals surface area contributed by atoms with Gasteiger partial charge in [0.25, 0.3) is 0 Å². The molecule has 1 aliphatic rings. The van der Waals surface area contributed by atoms with Crippen LogP contribution in [-0.4, -0.2) is 37.6 Å². The molecule has 0 atom stereocenters. The Labute approximate surface area is 100 Å². The fraction of sp³-hybridized carbons (Fsp3) is 0.500. The summed E-state index contributed by atoms with van der Waals surface area (Å²) in [6.07, 6.45) is 0.686. The van der Waals surface area contributed by atoms with Gasteiger partial charge in [-0.25, -0.2) is 4.39 Å². The Hall–Kier alpha value is -0.640. The van der Waals surface area contributed by atoms with Crippen molar-refractivity contribution in [1.29, 1.82) is 0 Å². The third-order valence-electron chi connectivity index (χ3n) is 2.95. The largest absolute Gasteiger partial charge is 0.314 e. The molecule has 0 radical (unpaired) electrons. The van der Waals surface area contributed by atoms with Crippen LogP contribution in [0.3, 0.4) is 0 Å². The van der Waals surface area contributed by atoms with Crippen molar-refractivity contribution in [3.05, 3.63) is 34.6 Å². The standard InChI is InChI=1S/C12H16ClFN2/c13-11-2-1-3-12(14)10(11)4-7-16-8-5-15-6-9-16/h1-3,15H,4-9H2. The van der Waals surface area contributed by atoms with E-state index in [9.17, 15) is 4.39 Å². The first-order valence-electron chi connectivity index (χ1n) is 5.63. The molecule has 1 N–H and O–H groups in total. The average molecular weight is 243 g/mol. The smallest absolute Gasteiger partial charge is 0.127 e. The van der Waals surface area contributed by atoms with Crippen molar-refractivity contribution < 1.29 is 4.39 Å². The van der Waals surface area contributed by atoms with Crippen LogP contribution >= 0.6 is 11.6 Å². The van der Waals surface area contributed by atoms with Gasteiger partial charge in [-0.2, -0.15) is 0 Å². The number of hydrogen-bond acceptors (Lipinski definition) is 2. The molecule has 0 bridgehead atoms. The summed E-state index contributed by atoms with van der Waals surface area (Å²) in [7, 11) is 0. The van der Waals surface area contributed by atoms with Crippen molar-refractivity contribution in [2.24, 2.45) is 0 Å². The van der Waals surface area contributed by atoms with Crippen molar-refractivity contribution >= 4 is 11.6 Å². The number of halogens is 2. The molecule has 1 saturated heterocycles. The van der Waals surface area contributed by atoms with Gasteiger partial charge < -0.3 is 10.2 Å². The first-order valence-corrected chi connectivity index (χ1v) is 6.01. The molecule has 1 aromatic carbocycles. The Morgan fingerprint density at radius 1 is 1.31 bits per heavy atom. The van der Waals surface area contributed by atoms with Gasteiger partial charge in [-0.3, -0.25) is 0 Å². The summed E-state index contributed by atoms with van der Waals surface area (Å²) in [5.41, 5.74) is 0.641. The number of rotatable bonds is 3. The highest BCUT2D eigenvalue weighted by Gasteiger charge is 2.12. The van der Waals surface area contributed by atoms with Crippen LogP contribution in [0.2, 0.25) is 5.02 Å². The highest BCUT2D eigenvalue weighted by molar-refractivity contribution is 6.31. The predicted molar refractivity (Wildman–Crippen MR) is 64.4 cm³/mol. The van der Waals surface area contributed by atoms with E-state index in [0.29, 0.717) is 17.0 Å². The van der Waals surface area contributed by atoms with Gasteiger partial charge in [0.15, 0.2) is 0 Å². The maximum atomic E-state index is 13.5. The van der Waals surface area contributed by atoms with E-state index in [2.05, 4.69) is 10.2 Å². The summed E-state index contributed by atoms with van der Waals surface area (Å²) < 4.78 is 13.5. The van der Waals surface area contributed by atoms with Gasteiger partial charge in [-0.05, 0) is 18.6 Å². The van der Waals surface area contributed by atoms with Crippen LogP contribution in [0.5, 0.6) is 0 Å². The number of nitrogens with one attached hydrogen (secondary N) is 1. The minimum absolute atomic E-state index is 0.192. The zero-order chi connectivity index (χ0) is 11.4. The monoisotopic (exact) mass is 242 g/mol. The van der Waals surface area contributed by atoms with E-state index in [1.165, 1.54) is 6.07 Å². The summed E-state index contributed by atoms with van der Waals surface area (Å²) in [6, 6.07) is 4.86. The Kier molecular flexibility index (Phi) is 4.16. The normalized spacial score (nSPS) is 17.6. The van der Waals surface area contributed by atoms with Crippen LogP contribution in [-0.2, 0) is 6.42 Å². The zero-order valence-corrected chi connectivity index (χ0v) is 9.93. The summed E-state index contributed by atoms with van der Waals surface area (Å²) in [4.78, 5) is 2.33. The average Bonchev–Trinajstić information content (AvgIpc) is 2.30. The molecule has 0 amide bonds. The van der Waals surface area contributed by atoms with Gasteiger partial charge in [0, 0.05) is 43.3 Å². The molecular weight excluding hydrogens is 227 g/mol. The molecule has 0 aliphatic carbocycles. The number of nitrogens with zero attached hydrogens (tertiary/aromatic N) is 1. The lowest BCUT2D eigenvalue weighted by molar-refractivity contribution is 0.243. The minimum atomic E-state index is -0.192. The molecule has 1 heterocycles. The lowest BCUT2D eigenvalue weighted by Crippen LogP contribution is -2.44. The van der Waals surface area contributed by atoms with Crippen molar-refractivity contribution in [2.45, 2.75) is 6.42 Å². The Balaban J connectivity index is 1.93. The zero-order valence-electron chi connectivity index (χ0n) is 9.18. The molecule has 1 aliphatic heterocycles. The van der Waals surface area contributed by atoms with Gasteiger partial charge in [0.1, 0.15) is 5.82 Å². The second kappa shape index (κ2) is 5.62. The van der Waals surface area contributed by atoms with Crippen LogP contribution in [0.4, 0.5) is 4.39 Å². The summed E-state index contributed by atoms with van der Waals surface area (Å²) in [5.74, 6) is -0.192. The lowest BCUT2D eigenvalue weighted by Gasteiger charge is -2.27. The minimum Gasteiger partial charge on any atom is -0.314 e. The SMILES string of the molecule is Fc1cccc(Cl)c1CCN1CCNCC1. The second-order valence-electron chi connectivity index (χ2n) is 4.04. The van der Waals surface area contributed by atoms with Crippen LogP contribution in [0.15, 0.2) is 18.2 Å². The molecule has 0 saturated carbocycles. The van der Waals surface area contributed by atoms with Crippen LogP contribution in [0, 0.1) is 5.82 Å². The first-order chi connectivity index (χ1) is 7.77. The molecule has 0 spiro atoms. The van der Waals surface area contributed by atoms with E-state index in [4.69, 9.17) is 11.6 Å². The van der Waals surface area contributed by atoms with Crippen LogP contribution in [0.1, 0.15) is 5.56 Å². The molecular formula is C12H16ClFN2. The summed E-state index contributed by atoms with van der Waals surface area (Å²) in [6.45, 7) is 4.98. The topological polar surface area (TPSA) is 15.3 Å². The maximum Gasteiger partial charge on any atom is 0.127 e. The van der Waals surface area contributed by atoms with Crippen molar-refractivity contribution in [1.82, 2.24) is 10.2 Å². The molecule has 4 heteroatoms. The Morgan fingerprint density at radius 3 is 2.75 bits per heavy atom. The number of piperazine rings is 1. The summed E-state index contributed by atoms with van der Waals surface area (Å²) in [5, 5.41) is 3.83. The Bertz CT molecular complexity index is 331. The molecule has 88 valence electrons. The molecule has 1 fully saturated rings. The van der Waals surface area contributed by atoms with E-state index in [0.717, 1.165) is 32.7 Å². The Morgan fingerprint density at radius 2 is 2.06 bits per heavy atom. The molecule has 16 heavy (non-hydrogen) atoms. The molecule has 0 unspecified atom stereocenters. The third-order valence-corrected chi connectivity index (χ3v) is 3.30. The summed E-state index contributed by atoms with van der Waals surface area (Å²) >= 11 is 5.98. The van der Waals surface area contributed by atoms with E-state index >= 15 is 0 Å². The van der Waals surface area contributed by atoms with Crippen LogP contribution < -0.4 is 5.32 Å². The molecule has 2 rings (SSSR count).